The summed E-state index contributed by atoms with van der Waals surface area (Å²) in [6, 6.07) is 7.07. The Hall–Kier alpha value is 0.01000. The molecule has 2 rings (SSSR count). The highest BCUT2D eigenvalue weighted by molar-refractivity contribution is 9.10. The van der Waals surface area contributed by atoms with Crippen molar-refractivity contribution in [1.29, 1.82) is 0 Å². The molecule has 0 spiro atoms. The topological polar surface area (TPSA) is 12.0 Å². The van der Waals surface area contributed by atoms with Crippen molar-refractivity contribution in [1.82, 2.24) is 5.32 Å². The molecule has 1 aliphatic rings. The van der Waals surface area contributed by atoms with Gasteiger partial charge in [0.2, 0.25) is 0 Å². The maximum absolute atomic E-state index is 3.58. The molecule has 0 aromatic heterocycles. The first-order valence-electron chi connectivity index (χ1n) is 6.34. The monoisotopic (exact) mass is 313 g/mol. The summed E-state index contributed by atoms with van der Waals surface area (Å²) in [5.41, 5.74) is 1.42. The molecule has 3 heteroatoms. The zero-order valence-electron chi connectivity index (χ0n) is 10.5. The lowest BCUT2D eigenvalue weighted by Gasteiger charge is -2.18. The van der Waals surface area contributed by atoms with Gasteiger partial charge in [-0.3, -0.25) is 0 Å². The molecule has 1 atom stereocenters. The largest absolute Gasteiger partial charge is 0.313 e. The molecule has 0 amide bonds. The second kappa shape index (κ2) is 6.26. The number of halogens is 1. The molecule has 1 unspecified atom stereocenters. The molecule has 0 radical (unpaired) electrons. The van der Waals surface area contributed by atoms with E-state index in [1.54, 1.807) is 0 Å². The van der Waals surface area contributed by atoms with E-state index in [-0.39, 0.29) is 0 Å². The summed E-state index contributed by atoms with van der Waals surface area (Å²) in [5, 5.41) is 4.16. The first-order chi connectivity index (χ1) is 8.20. The fourth-order valence-electron chi connectivity index (χ4n) is 2.31. The van der Waals surface area contributed by atoms with Crippen molar-refractivity contribution in [2.45, 2.75) is 48.8 Å². The molecule has 1 nitrogen and oxygen atoms in total. The van der Waals surface area contributed by atoms with Gasteiger partial charge in [0.25, 0.3) is 0 Å². The molecular weight excluding hydrogens is 294 g/mol. The summed E-state index contributed by atoms with van der Waals surface area (Å²) < 4.78 is 1.19. The normalized spacial score (nSPS) is 18.5. The van der Waals surface area contributed by atoms with Crippen molar-refractivity contribution in [2.24, 2.45) is 0 Å². The Morgan fingerprint density at radius 3 is 2.71 bits per heavy atom. The van der Waals surface area contributed by atoms with Crippen molar-refractivity contribution in [2.75, 3.05) is 7.05 Å². The van der Waals surface area contributed by atoms with E-state index in [1.165, 1.54) is 40.6 Å². The Kier molecular flexibility index (Phi) is 4.95. The van der Waals surface area contributed by atoms with Crippen LogP contribution in [0, 0.1) is 0 Å². The molecule has 1 N–H and O–H groups in total. The van der Waals surface area contributed by atoms with Crippen molar-refractivity contribution < 1.29 is 0 Å². The van der Waals surface area contributed by atoms with Gasteiger partial charge < -0.3 is 5.32 Å². The number of rotatable bonds is 4. The number of hydrogen-bond donors (Lipinski definition) is 1. The predicted octanol–water partition coefficient (Wildman–Crippen LogP) is 4.76. The number of hydrogen-bond acceptors (Lipinski definition) is 2. The molecule has 1 aliphatic carbocycles. The quantitative estimate of drug-likeness (QED) is 0.859. The lowest BCUT2D eigenvalue weighted by Crippen LogP contribution is -2.13. The van der Waals surface area contributed by atoms with Gasteiger partial charge in [-0.05, 0) is 44.5 Å². The fraction of sp³-hybridized carbons (Fsp3) is 0.571. The molecular formula is C14H20BrNS. The molecule has 1 saturated carbocycles. The smallest absolute Gasteiger partial charge is 0.0300 e. The molecule has 0 aliphatic heterocycles. The molecule has 1 fully saturated rings. The van der Waals surface area contributed by atoms with Gasteiger partial charge in [-0.25, -0.2) is 0 Å². The van der Waals surface area contributed by atoms with Crippen LogP contribution < -0.4 is 5.32 Å². The van der Waals surface area contributed by atoms with Gasteiger partial charge in [0.05, 0.1) is 0 Å². The van der Waals surface area contributed by atoms with E-state index in [2.05, 4.69) is 58.1 Å². The van der Waals surface area contributed by atoms with E-state index >= 15 is 0 Å². The molecule has 0 heterocycles. The van der Waals surface area contributed by atoms with E-state index in [4.69, 9.17) is 0 Å². The minimum absolute atomic E-state index is 0.423. The molecule has 0 saturated heterocycles. The number of benzene rings is 1. The van der Waals surface area contributed by atoms with Crippen LogP contribution in [0.4, 0.5) is 0 Å². The van der Waals surface area contributed by atoms with Gasteiger partial charge in [-0.15, -0.1) is 11.8 Å². The molecule has 17 heavy (non-hydrogen) atoms. The van der Waals surface area contributed by atoms with Gasteiger partial charge >= 0.3 is 0 Å². The predicted molar refractivity (Wildman–Crippen MR) is 79.7 cm³/mol. The lowest BCUT2D eigenvalue weighted by atomic mass is 10.1. The first kappa shape index (κ1) is 13.4. The second-order valence-corrected chi connectivity index (χ2v) is 6.97. The summed E-state index contributed by atoms with van der Waals surface area (Å²) in [4.78, 5) is 1.44. The Balaban J connectivity index is 2.19. The third kappa shape index (κ3) is 3.49. The van der Waals surface area contributed by atoms with E-state index in [0.29, 0.717) is 6.04 Å². The van der Waals surface area contributed by atoms with Crippen molar-refractivity contribution in [3.8, 4) is 0 Å². The van der Waals surface area contributed by atoms with Crippen LogP contribution in [0.3, 0.4) is 0 Å². The number of nitrogens with one attached hydrogen (secondary N) is 1. The highest BCUT2D eigenvalue weighted by Crippen LogP contribution is 2.38. The maximum atomic E-state index is 3.58. The lowest BCUT2D eigenvalue weighted by molar-refractivity contribution is 0.641. The SMILES string of the molecule is CNC(C)c1ccc(Br)cc1SC1CCCC1. The van der Waals surface area contributed by atoms with Crippen LogP contribution in [0.1, 0.15) is 44.2 Å². The van der Waals surface area contributed by atoms with Crippen LogP contribution in [-0.4, -0.2) is 12.3 Å². The van der Waals surface area contributed by atoms with Crippen LogP contribution in [0.5, 0.6) is 0 Å². The third-order valence-electron chi connectivity index (χ3n) is 3.47. The second-order valence-electron chi connectivity index (χ2n) is 4.72. The summed E-state index contributed by atoms with van der Waals surface area (Å²) in [7, 11) is 2.02. The van der Waals surface area contributed by atoms with Gasteiger partial charge in [-0.1, -0.05) is 34.8 Å². The van der Waals surface area contributed by atoms with Crippen molar-refractivity contribution in [3.05, 3.63) is 28.2 Å². The van der Waals surface area contributed by atoms with E-state index in [0.717, 1.165) is 5.25 Å². The minimum atomic E-state index is 0.423. The molecule has 1 aromatic rings. The highest BCUT2D eigenvalue weighted by Gasteiger charge is 2.19. The Labute approximate surface area is 117 Å². The summed E-state index contributed by atoms with van der Waals surface area (Å²) in [6.07, 6.45) is 5.57. The molecule has 94 valence electrons. The van der Waals surface area contributed by atoms with Crippen LogP contribution in [-0.2, 0) is 0 Å². The molecule has 0 bridgehead atoms. The zero-order valence-corrected chi connectivity index (χ0v) is 12.9. The zero-order chi connectivity index (χ0) is 12.3. The van der Waals surface area contributed by atoms with Crippen molar-refractivity contribution in [3.63, 3.8) is 0 Å². The average Bonchev–Trinajstić information content (AvgIpc) is 2.81. The van der Waals surface area contributed by atoms with Crippen molar-refractivity contribution >= 4 is 27.7 Å². The van der Waals surface area contributed by atoms with Crippen LogP contribution in [0.15, 0.2) is 27.6 Å². The van der Waals surface area contributed by atoms with Gasteiger partial charge in [-0.2, -0.15) is 0 Å². The molecule has 1 aromatic carbocycles. The van der Waals surface area contributed by atoms with Crippen LogP contribution >= 0.6 is 27.7 Å². The van der Waals surface area contributed by atoms with E-state index in [1.807, 2.05) is 7.05 Å². The van der Waals surface area contributed by atoms with E-state index < -0.39 is 0 Å². The van der Waals surface area contributed by atoms with E-state index in [9.17, 15) is 0 Å². The standard InChI is InChI=1S/C14H20BrNS/c1-10(16-2)13-8-7-11(15)9-14(13)17-12-5-3-4-6-12/h7-10,12,16H,3-6H2,1-2H3. The van der Waals surface area contributed by atoms with Gasteiger partial charge in [0.15, 0.2) is 0 Å². The van der Waals surface area contributed by atoms with Crippen LogP contribution in [0.25, 0.3) is 0 Å². The Bertz CT molecular complexity index is 374. The maximum Gasteiger partial charge on any atom is 0.0300 e. The Morgan fingerprint density at radius 2 is 2.06 bits per heavy atom. The van der Waals surface area contributed by atoms with Crippen LogP contribution in [0.2, 0.25) is 0 Å². The summed E-state index contributed by atoms with van der Waals surface area (Å²) >= 11 is 5.65. The third-order valence-corrected chi connectivity index (χ3v) is 5.38. The summed E-state index contributed by atoms with van der Waals surface area (Å²) in [5.74, 6) is 0. The minimum Gasteiger partial charge on any atom is -0.313 e. The summed E-state index contributed by atoms with van der Waals surface area (Å²) in [6.45, 7) is 2.22. The van der Waals surface area contributed by atoms with Gasteiger partial charge in [0.1, 0.15) is 0 Å². The fourth-order valence-corrected chi connectivity index (χ4v) is 4.33. The highest BCUT2D eigenvalue weighted by atomic mass is 79.9. The Morgan fingerprint density at radius 1 is 1.35 bits per heavy atom. The average molecular weight is 314 g/mol. The first-order valence-corrected chi connectivity index (χ1v) is 8.01. The van der Waals surface area contributed by atoms with Gasteiger partial charge in [0, 0.05) is 20.7 Å². The number of thioether (sulfide) groups is 1.